The van der Waals surface area contributed by atoms with Gasteiger partial charge in [0.15, 0.2) is 0 Å². The Morgan fingerprint density at radius 1 is 1.00 bits per heavy atom. The molecule has 10 heteroatoms. The number of anilines is 1. The van der Waals surface area contributed by atoms with E-state index >= 15 is 0 Å². The van der Waals surface area contributed by atoms with E-state index in [1.54, 1.807) is 23.1 Å². The minimum absolute atomic E-state index is 0.0620. The molecule has 0 radical (unpaired) electrons. The highest BCUT2D eigenvalue weighted by Gasteiger charge is 2.34. The first-order valence-corrected chi connectivity index (χ1v) is 13.6. The quantitative estimate of drug-likeness (QED) is 0.471. The molecule has 1 atom stereocenters. The van der Waals surface area contributed by atoms with Crippen LogP contribution in [0.25, 0.3) is 0 Å². The molecule has 0 bridgehead atoms. The van der Waals surface area contributed by atoms with Crippen molar-refractivity contribution in [2.24, 2.45) is 5.92 Å². The first-order valence-electron chi connectivity index (χ1n) is 13.6. The lowest BCUT2D eigenvalue weighted by Crippen LogP contribution is -2.45. The van der Waals surface area contributed by atoms with Crippen LogP contribution in [0, 0.1) is 5.92 Å². The van der Waals surface area contributed by atoms with Crippen molar-refractivity contribution in [3.05, 3.63) is 53.1 Å². The van der Waals surface area contributed by atoms with Crippen LogP contribution >= 0.6 is 0 Å². The van der Waals surface area contributed by atoms with Crippen molar-refractivity contribution in [2.45, 2.75) is 63.8 Å². The van der Waals surface area contributed by atoms with E-state index in [4.69, 9.17) is 4.74 Å². The van der Waals surface area contributed by atoms with Gasteiger partial charge in [0.05, 0.1) is 12.5 Å². The number of aliphatic carboxylic acids is 1. The fourth-order valence-corrected chi connectivity index (χ4v) is 6.03. The van der Waals surface area contributed by atoms with Crippen molar-refractivity contribution in [1.29, 1.82) is 0 Å². The Morgan fingerprint density at radius 2 is 1.79 bits per heavy atom. The lowest BCUT2D eigenvalue weighted by Gasteiger charge is -2.31. The zero-order valence-electron chi connectivity index (χ0n) is 21.7. The number of carbonyl (C=O) groups excluding carboxylic acids is 1. The van der Waals surface area contributed by atoms with Crippen molar-refractivity contribution in [1.82, 2.24) is 4.90 Å². The molecule has 0 unspecified atom stereocenters. The summed E-state index contributed by atoms with van der Waals surface area (Å²) in [6, 6.07) is 10.4. The van der Waals surface area contributed by atoms with E-state index in [9.17, 15) is 27.9 Å². The lowest BCUT2D eigenvalue weighted by atomic mass is 9.95. The summed E-state index contributed by atoms with van der Waals surface area (Å²) in [6.45, 7) is 1.89. The van der Waals surface area contributed by atoms with Crippen LogP contribution in [0.15, 0.2) is 36.4 Å². The third-order valence-electron chi connectivity index (χ3n) is 7.97. The number of carbonyl (C=O) groups is 2. The Balaban J connectivity index is 1.22. The van der Waals surface area contributed by atoms with Gasteiger partial charge in [-0.1, -0.05) is 25.0 Å². The summed E-state index contributed by atoms with van der Waals surface area (Å²) in [5, 5.41) is 9.30. The van der Waals surface area contributed by atoms with Gasteiger partial charge in [-0.15, -0.1) is 13.2 Å². The Hall–Kier alpha value is -3.27. The first-order chi connectivity index (χ1) is 18.7. The topological polar surface area (TPSA) is 79.3 Å². The summed E-state index contributed by atoms with van der Waals surface area (Å²) in [5.41, 5.74) is 2.94. The van der Waals surface area contributed by atoms with Gasteiger partial charge in [0.1, 0.15) is 18.1 Å². The number of piperidine rings is 1. The molecule has 3 aliphatic rings. The third-order valence-corrected chi connectivity index (χ3v) is 7.97. The van der Waals surface area contributed by atoms with Crippen LogP contribution in [0.4, 0.5) is 18.9 Å². The molecule has 210 valence electrons. The Bertz CT molecular complexity index is 1210. The molecule has 39 heavy (non-hydrogen) atoms. The molecule has 7 nitrogen and oxygen atoms in total. The van der Waals surface area contributed by atoms with Crippen LogP contribution in [0.3, 0.4) is 0 Å². The molecule has 1 saturated heterocycles. The van der Waals surface area contributed by atoms with Gasteiger partial charge < -0.3 is 19.5 Å². The highest BCUT2D eigenvalue weighted by Crippen LogP contribution is 2.41. The van der Waals surface area contributed by atoms with Crippen molar-refractivity contribution in [2.75, 3.05) is 31.1 Å². The molecule has 2 aromatic rings. The molecule has 1 N–H and O–H groups in total. The number of hydrogen-bond donors (Lipinski definition) is 1. The maximum atomic E-state index is 13.1. The molecule has 0 aromatic heterocycles. The molecule has 1 aliphatic carbocycles. The van der Waals surface area contributed by atoms with Gasteiger partial charge in [0.2, 0.25) is 5.91 Å². The largest absolute Gasteiger partial charge is 0.573 e. The predicted molar refractivity (Wildman–Crippen MR) is 138 cm³/mol. The van der Waals surface area contributed by atoms with Gasteiger partial charge >= 0.3 is 12.3 Å². The Kier molecular flexibility index (Phi) is 8.02. The number of hydrogen-bond acceptors (Lipinski definition) is 5. The lowest BCUT2D eigenvalue weighted by molar-refractivity contribution is -0.275. The maximum absolute atomic E-state index is 13.1. The second-order valence-electron chi connectivity index (χ2n) is 10.7. The minimum Gasteiger partial charge on any atom is -0.489 e. The standard InChI is InChI=1S/C29H33F3N2O5/c30-29(31,32)39-26-14-19(7-9-24(26)20-4-1-2-5-20)18-38-23-8-10-25-21(15-23)11-13-34(25)27(35)17-33-12-3-6-22(16-33)28(36)37/h7-10,14-15,20,22H,1-6,11-13,16-18H2,(H,36,37)/t22-/m1/s1. The number of carboxylic acid groups (broad SMARTS) is 1. The van der Waals surface area contributed by atoms with Gasteiger partial charge in [-0.3, -0.25) is 14.5 Å². The molecule has 1 amide bonds. The molecule has 2 heterocycles. The highest BCUT2D eigenvalue weighted by atomic mass is 19.4. The van der Waals surface area contributed by atoms with Crippen LogP contribution in [0.1, 0.15) is 61.1 Å². The number of carboxylic acids is 1. The fraction of sp³-hybridized carbons (Fsp3) is 0.517. The van der Waals surface area contributed by atoms with E-state index in [0.717, 1.165) is 43.4 Å². The molecule has 1 saturated carbocycles. The van der Waals surface area contributed by atoms with E-state index in [0.29, 0.717) is 49.4 Å². The second kappa shape index (κ2) is 11.5. The predicted octanol–water partition coefficient (Wildman–Crippen LogP) is 5.51. The number of alkyl halides is 3. The molecular weight excluding hydrogens is 513 g/mol. The van der Waals surface area contributed by atoms with E-state index in [-0.39, 0.29) is 30.7 Å². The zero-order valence-corrected chi connectivity index (χ0v) is 21.7. The maximum Gasteiger partial charge on any atom is 0.573 e. The summed E-state index contributed by atoms with van der Waals surface area (Å²) < 4.78 is 49.5. The van der Waals surface area contributed by atoms with Crippen molar-refractivity contribution in [3.8, 4) is 11.5 Å². The highest BCUT2D eigenvalue weighted by molar-refractivity contribution is 5.97. The van der Waals surface area contributed by atoms with Crippen molar-refractivity contribution >= 4 is 17.6 Å². The zero-order chi connectivity index (χ0) is 27.6. The van der Waals surface area contributed by atoms with E-state index in [1.165, 1.54) is 6.07 Å². The smallest absolute Gasteiger partial charge is 0.489 e. The molecule has 0 spiro atoms. The molecule has 2 aliphatic heterocycles. The summed E-state index contributed by atoms with van der Waals surface area (Å²) >= 11 is 0. The number of benzene rings is 2. The van der Waals surface area contributed by atoms with Crippen molar-refractivity contribution < 1.29 is 37.3 Å². The first kappa shape index (κ1) is 27.3. The SMILES string of the molecule is O=C(O)[C@@H]1CCCN(CC(=O)N2CCc3cc(OCc4ccc(C5CCCC5)c(OC(F)(F)F)c4)ccc32)C1. The van der Waals surface area contributed by atoms with Crippen LogP contribution in [0.2, 0.25) is 0 Å². The van der Waals surface area contributed by atoms with Crippen LogP contribution in [0.5, 0.6) is 11.5 Å². The van der Waals surface area contributed by atoms with E-state index in [1.807, 2.05) is 17.0 Å². The summed E-state index contributed by atoms with van der Waals surface area (Å²) in [5.74, 6) is -0.822. The number of halogens is 3. The molecular formula is C29H33F3N2O5. The van der Waals surface area contributed by atoms with E-state index < -0.39 is 18.2 Å². The van der Waals surface area contributed by atoms with Crippen LogP contribution < -0.4 is 14.4 Å². The fourth-order valence-electron chi connectivity index (χ4n) is 6.03. The number of ether oxygens (including phenoxy) is 2. The molecule has 2 fully saturated rings. The van der Waals surface area contributed by atoms with Gasteiger partial charge in [0, 0.05) is 18.8 Å². The summed E-state index contributed by atoms with van der Waals surface area (Å²) in [6.07, 6.45) is 1.03. The molecule has 2 aromatic carbocycles. The van der Waals surface area contributed by atoms with Gasteiger partial charge in [0.25, 0.3) is 0 Å². The van der Waals surface area contributed by atoms with E-state index in [2.05, 4.69) is 4.74 Å². The Labute approximate surface area is 225 Å². The van der Waals surface area contributed by atoms with Crippen molar-refractivity contribution in [3.63, 3.8) is 0 Å². The number of nitrogens with zero attached hydrogens (tertiary/aromatic N) is 2. The molecule has 5 rings (SSSR count). The number of rotatable bonds is 8. The second-order valence-corrected chi connectivity index (χ2v) is 10.7. The average Bonchev–Trinajstić information content (AvgIpc) is 3.57. The number of fused-ring (bicyclic) bond motifs is 1. The Morgan fingerprint density at radius 3 is 2.54 bits per heavy atom. The van der Waals surface area contributed by atoms with Gasteiger partial charge in [-0.05, 0) is 85.5 Å². The third kappa shape index (κ3) is 6.66. The number of amides is 1. The van der Waals surface area contributed by atoms with Gasteiger partial charge in [-0.25, -0.2) is 0 Å². The summed E-state index contributed by atoms with van der Waals surface area (Å²) in [4.78, 5) is 28.0. The van der Waals surface area contributed by atoms with Crippen LogP contribution in [-0.2, 0) is 22.6 Å². The van der Waals surface area contributed by atoms with Crippen LogP contribution in [-0.4, -0.2) is 54.4 Å². The minimum atomic E-state index is -4.76. The number of likely N-dealkylation sites (tertiary alicyclic amines) is 1. The summed E-state index contributed by atoms with van der Waals surface area (Å²) in [7, 11) is 0. The normalized spacial score (nSPS) is 20.2. The van der Waals surface area contributed by atoms with Gasteiger partial charge in [-0.2, -0.15) is 0 Å². The average molecular weight is 547 g/mol. The monoisotopic (exact) mass is 546 g/mol.